The van der Waals surface area contributed by atoms with Crippen LogP contribution in [0.25, 0.3) is 0 Å². The molecule has 0 N–H and O–H groups in total. The molecule has 5 nitrogen and oxygen atoms in total. The van der Waals surface area contributed by atoms with E-state index in [2.05, 4.69) is 70.5 Å². The van der Waals surface area contributed by atoms with E-state index in [9.17, 15) is 4.79 Å². The van der Waals surface area contributed by atoms with Crippen LogP contribution in [0.4, 0.5) is 4.79 Å². The van der Waals surface area contributed by atoms with Crippen LogP contribution in [0, 0.1) is 5.92 Å². The topological polar surface area (TPSA) is 36.0 Å². The zero-order valence-corrected chi connectivity index (χ0v) is 22.4. The van der Waals surface area contributed by atoms with E-state index in [4.69, 9.17) is 4.74 Å². The Morgan fingerprint density at radius 1 is 0.917 bits per heavy atom. The summed E-state index contributed by atoms with van der Waals surface area (Å²) in [4.78, 5) is 20.1. The molecule has 3 aliphatic rings. The van der Waals surface area contributed by atoms with Gasteiger partial charge in [0.1, 0.15) is 5.60 Å². The average Bonchev–Trinajstić information content (AvgIpc) is 3.54. The minimum atomic E-state index is -0.445. The second-order valence-corrected chi connectivity index (χ2v) is 12.1. The SMILES string of the molecule is CC(C)(C)OC(=O)N1CCC(N(Cc2ccccc2)C2([C@@H]3CCN(Cc4ccccc4)C3)CC2)CC1. The molecule has 0 unspecified atom stereocenters. The van der Waals surface area contributed by atoms with Gasteiger partial charge in [-0.3, -0.25) is 9.80 Å². The molecule has 2 saturated heterocycles. The van der Waals surface area contributed by atoms with Crippen molar-refractivity contribution in [2.75, 3.05) is 26.2 Å². The summed E-state index contributed by atoms with van der Waals surface area (Å²) in [6.07, 6.45) is 5.77. The summed E-state index contributed by atoms with van der Waals surface area (Å²) in [7, 11) is 0. The van der Waals surface area contributed by atoms with Gasteiger partial charge >= 0.3 is 6.09 Å². The van der Waals surface area contributed by atoms with Crippen LogP contribution >= 0.6 is 0 Å². The average molecular weight is 490 g/mol. The third-order valence-corrected chi connectivity index (χ3v) is 8.37. The Balaban J connectivity index is 1.27. The highest BCUT2D eigenvalue weighted by molar-refractivity contribution is 5.68. The third-order valence-electron chi connectivity index (χ3n) is 8.37. The maximum absolute atomic E-state index is 12.7. The van der Waals surface area contributed by atoms with Crippen molar-refractivity contribution in [1.82, 2.24) is 14.7 Å². The van der Waals surface area contributed by atoms with Crippen molar-refractivity contribution >= 4 is 6.09 Å². The Morgan fingerprint density at radius 2 is 1.53 bits per heavy atom. The van der Waals surface area contributed by atoms with Gasteiger partial charge in [0.15, 0.2) is 0 Å². The predicted octanol–water partition coefficient (Wildman–Crippen LogP) is 5.94. The van der Waals surface area contributed by atoms with Crippen molar-refractivity contribution in [3.8, 4) is 0 Å². The largest absolute Gasteiger partial charge is 0.444 e. The Kier molecular flexibility index (Phi) is 7.41. The second kappa shape index (κ2) is 10.5. The molecule has 36 heavy (non-hydrogen) atoms. The Labute approximate surface area is 217 Å². The van der Waals surface area contributed by atoms with Gasteiger partial charge in [-0.1, -0.05) is 60.7 Å². The lowest BCUT2D eigenvalue weighted by atomic mass is 9.90. The van der Waals surface area contributed by atoms with Crippen LogP contribution < -0.4 is 0 Å². The molecule has 3 fully saturated rings. The van der Waals surface area contributed by atoms with Crippen molar-refractivity contribution in [2.24, 2.45) is 5.92 Å². The summed E-state index contributed by atoms with van der Waals surface area (Å²) in [5.41, 5.74) is 2.68. The van der Waals surface area contributed by atoms with Gasteiger partial charge in [0.2, 0.25) is 0 Å². The lowest BCUT2D eigenvalue weighted by molar-refractivity contribution is 0.000916. The first-order chi connectivity index (χ1) is 17.3. The van der Waals surface area contributed by atoms with E-state index >= 15 is 0 Å². The molecule has 1 amide bonds. The Morgan fingerprint density at radius 3 is 2.11 bits per heavy atom. The number of carbonyl (C=O) groups excluding carboxylic acids is 1. The molecule has 5 heteroatoms. The first-order valence-corrected chi connectivity index (χ1v) is 13.9. The standard InChI is InChI=1S/C31H43N3O2/c1-30(2,3)36-29(35)33-20-15-28(16-21-33)34(23-26-12-8-5-9-13-26)31(17-18-31)27-14-19-32(24-27)22-25-10-6-4-7-11-25/h4-13,27-28H,14-24H2,1-3H3/t27-/m1/s1. The summed E-state index contributed by atoms with van der Waals surface area (Å²) in [5.74, 6) is 0.716. The van der Waals surface area contributed by atoms with Crippen LogP contribution in [-0.2, 0) is 17.8 Å². The maximum Gasteiger partial charge on any atom is 0.410 e. The quantitative estimate of drug-likeness (QED) is 0.482. The van der Waals surface area contributed by atoms with Crippen LogP contribution in [0.3, 0.4) is 0 Å². The molecule has 0 aromatic heterocycles. The lowest BCUT2D eigenvalue weighted by Crippen LogP contribution is -2.53. The fourth-order valence-corrected chi connectivity index (χ4v) is 6.43. The first-order valence-electron chi connectivity index (χ1n) is 13.9. The number of hydrogen-bond acceptors (Lipinski definition) is 4. The number of piperidine rings is 1. The van der Waals surface area contributed by atoms with Crippen LogP contribution in [0.15, 0.2) is 60.7 Å². The third kappa shape index (κ3) is 5.95. The number of amides is 1. The minimum absolute atomic E-state index is 0.163. The fourth-order valence-electron chi connectivity index (χ4n) is 6.43. The molecule has 0 radical (unpaired) electrons. The summed E-state index contributed by atoms with van der Waals surface area (Å²) in [5, 5.41) is 0. The van der Waals surface area contributed by atoms with Crippen molar-refractivity contribution in [3.05, 3.63) is 71.8 Å². The molecule has 1 aliphatic carbocycles. The van der Waals surface area contributed by atoms with Crippen molar-refractivity contribution in [3.63, 3.8) is 0 Å². The number of nitrogens with zero attached hydrogens (tertiary/aromatic N) is 3. The normalized spacial score (nSPS) is 22.7. The molecule has 2 aromatic carbocycles. The summed E-state index contributed by atoms with van der Waals surface area (Å²) in [6, 6.07) is 22.4. The van der Waals surface area contributed by atoms with Crippen LogP contribution in [0.1, 0.15) is 64.0 Å². The highest BCUT2D eigenvalue weighted by Gasteiger charge is 2.56. The van der Waals surface area contributed by atoms with Crippen molar-refractivity contribution in [2.45, 2.75) is 83.1 Å². The van der Waals surface area contributed by atoms with Gasteiger partial charge in [-0.2, -0.15) is 0 Å². The van der Waals surface area contributed by atoms with Gasteiger partial charge in [0.25, 0.3) is 0 Å². The Hall–Kier alpha value is -2.37. The summed E-state index contributed by atoms with van der Waals surface area (Å²) >= 11 is 0. The maximum atomic E-state index is 12.7. The smallest absolute Gasteiger partial charge is 0.410 e. The van der Waals surface area contributed by atoms with Gasteiger partial charge in [-0.25, -0.2) is 4.79 Å². The van der Waals surface area contributed by atoms with Gasteiger partial charge < -0.3 is 9.64 Å². The second-order valence-electron chi connectivity index (χ2n) is 12.1. The van der Waals surface area contributed by atoms with E-state index in [0.29, 0.717) is 17.5 Å². The molecule has 0 spiro atoms. The number of carbonyl (C=O) groups is 1. The van der Waals surface area contributed by atoms with Crippen molar-refractivity contribution in [1.29, 1.82) is 0 Å². The van der Waals surface area contributed by atoms with Crippen LogP contribution in [0.5, 0.6) is 0 Å². The molecule has 1 atom stereocenters. The molecular weight excluding hydrogens is 446 g/mol. The highest BCUT2D eigenvalue weighted by atomic mass is 16.6. The zero-order valence-electron chi connectivity index (χ0n) is 22.4. The molecule has 194 valence electrons. The van der Waals surface area contributed by atoms with E-state index in [0.717, 1.165) is 39.0 Å². The Bertz CT molecular complexity index is 991. The predicted molar refractivity (Wildman–Crippen MR) is 145 cm³/mol. The van der Waals surface area contributed by atoms with Gasteiger partial charge in [0.05, 0.1) is 0 Å². The van der Waals surface area contributed by atoms with Gasteiger partial charge in [-0.15, -0.1) is 0 Å². The van der Waals surface area contributed by atoms with E-state index < -0.39 is 5.60 Å². The molecule has 2 aliphatic heterocycles. The van der Waals surface area contributed by atoms with Gasteiger partial charge in [0, 0.05) is 44.3 Å². The lowest BCUT2D eigenvalue weighted by Gasteiger charge is -2.45. The number of benzene rings is 2. The number of hydrogen-bond donors (Lipinski definition) is 0. The highest BCUT2D eigenvalue weighted by Crippen LogP contribution is 2.53. The fraction of sp³-hybridized carbons (Fsp3) is 0.581. The number of rotatable bonds is 7. The first kappa shape index (κ1) is 25.3. The molecular formula is C31H43N3O2. The zero-order chi connectivity index (χ0) is 25.2. The van der Waals surface area contributed by atoms with Crippen LogP contribution in [0.2, 0.25) is 0 Å². The summed E-state index contributed by atoms with van der Waals surface area (Å²) in [6.45, 7) is 11.8. The molecule has 2 aromatic rings. The number of likely N-dealkylation sites (tertiary alicyclic amines) is 2. The minimum Gasteiger partial charge on any atom is -0.444 e. The molecule has 5 rings (SSSR count). The molecule has 1 saturated carbocycles. The monoisotopic (exact) mass is 489 g/mol. The van der Waals surface area contributed by atoms with E-state index in [1.807, 2.05) is 25.7 Å². The number of ether oxygens (including phenoxy) is 1. The molecule has 0 bridgehead atoms. The van der Waals surface area contributed by atoms with E-state index in [1.54, 1.807) is 0 Å². The van der Waals surface area contributed by atoms with Crippen molar-refractivity contribution < 1.29 is 9.53 Å². The molecule has 2 heterocycles. The summed E-state index contributed by atoms with van der Waals surface area (Å²) < 4.78 is 5.66. The van der Waals surface area contributed by atoms with E-state index in [1.165, 1.54) is 43.5 Å². The van der Waals surface area contributed by atoms with E-state index in [-0.39, 0.29) is 6.09 Å². The van der Waals surface area contributed by atoms with Crippen LogP contribution in [-0.4, -0.2) is 64.2 Å². The van der Waals surface area contributed by atoms with Gasteiger partial charge in [-0.05, 0) is 76.5 Å².